The van der Waals surface area contributed by atoms with Crippen LogP contribution in [-0.2, 0) is 5.41 Å². The summed E-state index contributed by atoms with van der Waals surface area (Å²) in [4.78, 5) is 0. The zero-order valence-electron chi connectivity index (χ0n) is 13.5. The monoisotopic (exact) mass is 295 g/mol. The molecule has 2 aliphatic rings. The van der Waals surface area contributed by atoms with Crippen LogP contribution in [0.2, 0.25) is 5.82 Å². The molecule has 1 aromatic heterocycles. The van der Waals surface area contributed by atoms with Crippen molar-refractivity contribution in [2.24, 2.45) is 0 Å². The average Bonchev–Trinajstić information content (AvgIpc) is 2.88. The molecule has 0 N–H and O–H groups in total. The number of nitrogens with zero attached hydrogens (tertiary/aromatic N) is 1. The second-order valence-electron chi connectivity index (χ2n) is 7.25. The molecule has 5 rings (SSSR count). The van der Waals surface area contributed by atoms with Crippen LogP contribution in [0.25, 0.3) is 28.7 Å². The highest BCUT2D eigenvalue weighted by atomic mass is 15.0. The lowest BCUT2D eigenvalue weighted by molar-refractivity contribution is 0.627. The summed E-state index contributed by atoms with van der Waals surface area (Å²) in [6, 6.07) is 15.5. The summed E-state index contributed by atoms with van der Waals surface area (Å²) < 4.78 is 2.45. The van der Waals surface area contributed by atoms with Gasteiger partial charge in [-0.1, -0.05) is 68.2 Å². The van der Waals surface area contributed by atoms with Crippen molar-refractivity contribution in [3.8, 4) is 5.69 Å². The topological polar surface area (TPSA) is 4.93 Å². The highest BCUT2D eigenvalue weighted by Gasteiger charge is 2.34. The van der Waals surface area contributed by atoms with E-state index in [1.54, 1.807) is 0 Å². The summed E-state index contributed by atoms with van der Waals surface area (Å²) in [7, 11) is 6.20. The first-order chi connectivity index (χ1) is 11.1. The van der Waals surface area contributed by atoms with Gasteiger partial charge in [-0.2, -0.15) is 0 Å². The van der Waals surface area contributed by atoms with Crippen molar-refractivity contribution in [2.75, 3.05) is 0 Å². The van der Waals surface area contributed by atoms with Crippen molar-refractivity contribution in [2.45, 2.75) is 31.5 Å². The molecule has 0 fully saturated rings. The van der Waals surface area contributed by atoms with Crippen molar-refractivity contribution in [1.82, 2.24) is 4.57 Å². The van der Waals surface area contributed by atoms with Crippen LogP contribution in [0, 0.1) is 0 Å². The van der Waals surface area contributed by atoms with E-state index in [4.69, 9.17) is 7.85 Å². The van der Waals surface area contributed by atoms with Gasteiger partial charge in [0.2, 0.25) is 0 Å². The number of aromatic nitrogens is 1. The van der Waals surface area contributed by atoms with Crippen molar-refractivity contribution in [3.05, 3.63) is 64.2 Å². The van der Waals surface area contributed by atoms with E-state index in [-0.39, 0.29) is 11.2 Å². The first-order valence-electron chi connectivity index (χ1n) is 8.30. The average molecular weight is 295 g/mol. The molecule has 0 spiro atoms. The Kier molecular flexibility index (Phi) is 2.42. The first-order valence-corrected chi connectivity index (χ1v) is 8.30. The van der Waals surface area contributed by atoms with Gasteiger partial charge in [-0.25, -0.2) is 0 Å². The zero-order chi connectivity index (χ0) is 15.8. The van der Waals surface area contributed by atoms with Gasteiger partial charge in [-0.05, 0) is 23.6 Å². The van der Waals surface area contributed by atoms with Crippen LogP contribution in [0.4, 0.5) is 0 Å². The minimum atomic E-state index is 0.00909. The molecule has 0 saturated carbocycles. The van der Waals surface area contributed by atoms with E-state index in [9.17, 15) is 0 Å². The van der Waals surface area contributed by atoms with Gasteiger partial charge in [-0.3, -0.25) is 0 Å². The summed E-state index contributed by atoms with van der Waals surface area (Å²) in [5.41, 5.74) is 5.46. The third-order valence-corrected chi connectivity index (χ3v) is 5.52. The summed E-state index contributed by atoms with van der Waals surface area (Å²) in [5, 5.41) is 3.93. The van der Waals surface area contributed by atoms with Gasteiger partial charge in [0.05, 0.1) is 19.1 Å². The van der Waals surface area contributed by atoms with Crippen LogP contribution in [-0.4, -0.2) is 12.4 Å². The molecule has 1 aliphatic carbocycles. The van der Waals surface area contributed by atoms with Gasteiger partial charge in [0.1, 0.15) is 0 Å². The van der Waals surface area contributed by atoms with Crippen molar-refractivity contribution >= 4 is 30.9 Å². The normalized spacial score (nSPS) is 20.3. The van der Waals surface area contributed by atoms with E-state index < -0.39 is 0 Å². The number of benzene rings is 2. The second-order valence-corrected chi connectivity index (χ2v) is 7.25. The molecule has 0 bridgehead atoms. The lowest BCUT2D eigenvalue weighted by atomic mass is 9.75. The molecule has 3 aromatic rings. The quantitative estimate of drug-likeness (QED) is 0.561. The molecular formula is C21H18BN. The van der Waals surface area contributed by atoms with Gasteiger partial charge >= 0.3 is 0 Å². The summed E-state index contributed by atoms with van der Waals surface area (Å²) in [5.74, 6) is 0.120. The lowest BCUT2D eigenvalue weighted by Crippen LogP contribution is -2.34. The summed E-state index contributed by atoms with van der Waals surface area (Å²) >= 11 is 0. The Bertz CT molecular complexity index is 1080. The number of para-hydroxylation sites is 2. The van der Waals surface area contributed by atoms with E-state index in [0.717, 1.165) is 6.42 Å². The second kappa shape index (κ2) is 4.20. The molecule has 2 heteroatoms. The lowest BCUT2D eigenvalue weighted by Gasteiger charge is -2.34. The molecule has 2 heterocycles. The predicted molar refractivity (Wildman–Crippen MR) is 97.7 cm³/mol. The molecular weight excluding hydrogens is 277 g/mol. The maximum Gasteiger partial charge on any atom is 0.0759 e. The van der Waals surface area contributed by atoms with Crippen LogP contribution >= 0.6 is 0 Å². The Morgan fingerprint density at radius 3 is 2.70 bits per heavy atom. The molecule has 1 atom stereocenters. The molecule has 23 heavy (non-hydrogen) atoms. The van der Waals surface area contributed by atoms with Crippen LogP contribution in [0.1, 0.15) is 31.4 Å². The Morgan fingerprint density at radius 1 is 1.04 bits per heavy atom. The fraction of sp³-hybridized carbons (Fsp3) is 0.238. The maximum absolute atomic E-state index is 6.20. The molecule has 2 radical (unpaired) electrons. The number of hydrogen-bond acceptors (Lipinski definition) is 0. The van der Waals surface area contributed by atoms with E-state index in [1.807, 2.05) is 0 Å². The Balaban J connectivity index is 2.12. The van der Waals surface area contributed by atoms with Crippen molar-refractivity contribution < 1.29 is 0 Å². The van der Waals surface area contributed by atoms with Crippen LogP contribution < -0.4 is 10.6 Å². The molecule has 110 valence electrons. The smallest absolute Gasteiger partial charge is 0.0759 e. The van der Waals surface area contributed by atoms with Gasteiger partial charge < -0.3 is 4.57 Å². The van der Waals surface area contributed by atoms with E-state index in [1.165, 1.54) is 38.3 Å². The van der Waals surface area contributed by atoms with Gasteiger partial charge in [0.25, 0.3) is 0 Å². The SMILES string of the molecule is [B]C1C=c2c(n3c4c(cccc24)C(C)(C)c2ccccc2-3)=CC1. The standard InChI is InChI=1S/C21H18BN/c1-21(2)16-7-3-4-9-19(16)23-18-11-10-13(22)12-15(18)14-6-5-8-17(21)20(14)23/h3-9,11-13H,10H2,1-2H3. The first kappa shape index (κ1) is 13.2. The van der Waals surface area contributed by atoms with Crippen molar-refractivity contribution in [3.63, 3.8) is 0 Å². The summed E-state index contributed by atoms with van der Waals surface area (Å²) in [6.45, 7) is 4.66. The van der Waals surface area contributed by atoms with Crippen LogP contribution in [0.15, 0.2) is 42.5 Å². The van der Waals surface area contributed by atoms with Gasteiger partial charge in [-0.15, -0.1) is 0 Å². The van der Waals surface area contributed by atoms with E-state index in [0.29, 0.717) is 0 Å². The highest BCUT2D eigenvalue weighted by molar-refractivity contribution is 6.16. The molecule has 1 nitrogen and oxygen atoms in total. The van der Waals surface area contributed by atoms with Crippen LogP contribution in [0.5, 0.6) is 0 Å². The molecule has 1 unspecified atom stereocenters. The van der Waals surface area contributed by atoms with Gasteiger partial charge in [0, 0.05) is 21.4 Å². The molecule has 1 aliphatic heterocycles. The largest absolute Gasteiger partial charge is 0.309 e. The maximum atomic E-state index is 6.20. The number of rotatable bonds is 0. The summed E-state index contributed by atoms with van der Waals surface area (Å²) in [6.07, 6.45) is 5.45. The third-order valence-electron chi connectivity index (χ3n) is 5.52. The molecule has 0 saturated heterocycles. The number of hydrogen-bond donors (Lipinski definition) is 0. The third kappa shape index (κ3) is 1.54. The molecule has 2 aromatic carbocycles. The van der Waals surface area contributed by atoms with E-state index >= 15 is 0 Å². The van der Waals surface area contributed by atoms with Gasteiger partial charge in [0.15, 0.2) is 0 Å². The van der Waals surface area contributed by atoms with Crippen LogP contribution in [0.3, 0.4) is 0 Å². The highest BCUT2D eigenvalue weighted by Crippen LogP contribution is 2.42. The zero-order valence-corrected chi connectivity index (χ0v) is 13.5. The minimum Gasteiger partial charge on any atom is -0.309 e. The number of fused-ring (bicyclic) bond motifs is 5. The predicted octanol–water partition coefficient (Wildman–Crippen LogP) is 3.19. The Labute approximate surface area is 137 Å². The fourth-order valence-electron chi connectivity index (χ4n) is 4.38. The fourth-order valence-corrected chi connectivity index (χ4v) is 4.38. The molecule has 0 amide bonds. The van der Waals surface area contributed by atoms with Crippen molar-refractivity contribution in [1.29, 1.82) is 0 Å². The van der Waals surface area contributed by atoms with E-state index in [2.05, 4.69) is 73.0 Å². The Morgan fingerprint density at radius 2 is 1.83 bits per heavy atom. The Hall–Kier alpha value is -2.22. The minimum absolute atomic E-state index is 0.00909.